The van der Waals surface area contributed by atoms with Gasteiger partial charge in [0, 0.05) is 13.1 Å². The molecule has 0 aromatic heterocycles. The Labute approximate surface area is 172 Å². The third kappa shape index (κ3) is 4.29. The van der Waals surface area contributed by atoms with Crippen molar-refractivity contribution < 1.29 is 9.90 Å². The summed E-state index contributed by atoms with van der Waals surface area (Å²) in [5, 5.41) is 16.7. The van der Waals surface area contributed by atoms with Crippen molar-refractivity contribution >= 4 is 29.9 Å². The van der Waals surface area contributed by atoms with Gasteiger partial charge in [0.2, 0.25) is 0 Å². The van der Waals surface area contributed by atoms with E-state index in [-0.39, 0.29) is 18.3 Å². The van der Waals surface area contributed by atoms with Gasteiger partial charge in [-0.05, 0) is 86.4 Å². The Morgan fingerprint density at radius 3 is 2.37 bits per heavy atom. The number of hydrogen-bond acceptors (Lipinski definition) is 3. The van der Waals surface area contributed by atoms with Crippen molar-refractivity contribution in [2.24, 2.45) is 23.2 Å². The molecule has 0 heterocycles. The lowest BCUT2D eigenvalue weighted by molar-refractivity contribution is -0.0503. The van der Waals surface area contributed by atoms with E-state index in [1.54, 1.807) is 25.2 Å². The van der Waals surface area contributed by atoms with Crippen LogP contribution in [-0.2, 0) is 0 Å². The molecular weight excluding hydrogens is 383 g/mol. The van der Waals surface area contributed by atoms with Gasteiger partial charge in [-0.15, -0.1) is 12.4 Å². The predicted octanol–water partition coefficient (Wildman–Crippen LogP) is 3.96. The zero-order valence-electron chi connectivity index (χ0n) is 15.8. The lowest BCUT2D eigenvalue weighted by atomic mass is 9.49. The number of carbonyl (C=O) groups is 1. The van der Waals surface area contributed by atoms with Crippen LogP contribution in [-0.4, -0.2) is 31.2 Å². The van der Waals surface area contributed by atoms with Gasteiger partial charge in [-0.2, -0.15) is 0 Å². The summed E-state index contributed by atoms with van der Waals surface area (Å²) in [5.41, 5.74) is 1.48. The average Bonchev–Trinajstić information content (AvgIpc) is 2.59. The highest BCUT2D eigenvalue weighted by Crippen LogP contribution is 2.59. The molecule has 1 aromatic carbocycles. The van der Waals surface area contributed by atoms with Crippen molar-refractivity contribution in [3.05, 3.63) is 34.3 Å². The third-order valence-corrected chi connectivity index (χ3v) is 7.14. The van der Waals surface area contributed by atoms with E-state index < -0.39 is 6.10 Å². The fraction of sp³-hybridized carbons (Fsp3) is 0.667. The molecule has 0 spiro atoms. The fourth-order valence-corrected chi connectivity index (χ4v) is 6.31. The first-order chi connectivity index (χ1) is 12.5. The molecular formula is C21H30Cl2N2O2. The molecule has 4 bridgehead atoms. The molecule has 0 radical (unpaired) electrons. The van der Waals surface area contributed by atoms with E-state index in [0.717, 1.165) is 24.3 Å². The van der Waals surface area contributed by atoms with Crippen LogP contribution in [0.3, 0.4) is 0 Å². The molecule has 3 N–H and O–H groups in total. The molecule has 150 valence electrons. The van der Waals surface area contributed by atoms with E-state index in [4.69, 9.17) is 11.6 Å². The lowest BCUT2D eigenvalue weighted by Gasteiger charge is -2.56. The molecule has 4 aliphatic carbocycles. The van der Waals surface area contributed by atoms with Crippen LogP contribution in [0.4, 0.5) is 0 Å². The molecule has 0 unspecified atom stereocenters. The SMILES string of the molecule is CNC[C@@H](O)c1ccc(Cl)c(C(=O)NCC23CC4CC(CC(C4)C2)C3)c1.Cl. The maximum atomic E-state index is 12.8. The van der Waals surface area contributed by atoms with Crippen LogP contribution in [0.25, 0.3) is 0 Å². The molecule has 1 aromatic rings. The standard InChI is InChI=1S/C21H29ClN2O2.ClH/c1-23-11-19(25)16-2-3-18(22)17(7-16)20(26)24-12-21-8-13-4-14(9-21)6-15(5-13)10-21;/h2-3,7,13-15,19,23,25H,4-6,8-12H2,1H3,(H,24,26);1H/t13?,14?,15?,19-,21?;/m1./s1. The Morgan fingerprint density at radius 1 is 1.22 bits per heavy atom. The molecule has 4 saturated carbocycles. The summed E-state index contributed by atoms with van der Waals surface area (Å²) in [7, 11) is 1.79. The molecule has 4 nitrogen and oxygen atoms in total. The van der Waals surface area contributed by atoms with E-state index in [2.05, 4.69) is 10.6 Å². The van der Waals surface area contributed by atoms with Crippen molar-refractivity contribution in [3.8, 4) is 0 Å². The minimum absolute atomic E-state index is 0. The molecule has 4 aliphatic rings. The number of likely N-dealkylation sites (N-methyl/N-ethyl adjacent to an activating group) is 1. The largest absolute Gasteiger partial charge is 0.387 e. The Balaban J connectivity index is 0.00000210. The van der Waals surface area contributed by atoms with Crippen molar-refractivity contribution in [1.29, 1.82) is 0 Å². The second-order valence-electron chi connectivity index (χ2n) is 8.91. The quantitative estimate of drug-likeness (QED) is 0.662. The maximum Gasteiger partial charge on any atom is 0.252 e. The van der Waals surface area contributed by atoms with Crippen LogP contribution in [0.2, 0.25) is 5.02 Å². The van der Waals surface area contributed by atoms with Gasteiger partial charge in [0.05, 0.1) is 16.7 Å². The van der Waals surface area contributed by atoms with E-state index in [1.807, 2.05) is 0 Å². The Kier molecular flexibility index (Phi) is 6.41. The second-order valence-corrected chi connectivity index (χ2v) is 9.32. The monoisotopic (exact) mass is 412 g/mol. The number of halogens is 2. The van der Waals surface area contributed by atoms with E-state index in [9.17, 15) is 9.90 Å². The van der Waals surface area contributed by atoms with Gasteiger partial charge in [-0.3, -0.25) is 4.79 Å². The summed E-state index contributed by atoms with van der Waals surface area (Å²) in [6, 6.07) is 5.20. The summed E-state index contributed by atoms with van der Waals surface area (Å²) in [4.78, 5) is 12.8. The molecule has 6 heteroatoms. The van der Waals surface area contributed by atoms with Crippen LogP contribution in [0, 0.1) is 23.2 Å². The first-order valence-electron chi connectivity index (χ1n) is 9.88. The Bertz CT molecular complexity index is 659. The van der Waals surface area contributed by atoms with Crippen LogP contribution >= 0.6 is 24.0 Å². The van der Waals surface area contributed by atoms with Gasteiger partial charge >= 0.3 is 0 Å². The number of rotatable bonds is 6. The summed E-state index contributed by atoms with van der Waals surface area (Å²) in [6.07, 6.45) is 7.39. The number of aliphatic hydroxyl groups is 1. The van der Waals surface area contributed by atoms with Crippen molar-refractivity contribution in [2.75, 3.05) is 20.1 Å². The summed E-state index contributed by atoms with van der Waals surface area (Å²) < 4.78 is 0. The van der Waals surface area contributed by atoms with E-state index in [1.165, 1.54) is 38.5 Å². The smallest absolute Gasteiger partial charge is 0.252 e. The minimum Gasteiger partial charge on any atom is -0.387 e. The summed E-state index contributed by atoms with van der Waals surface area (Å²) >= 11 is 6.27. The van der Waals surface area contributed by atoms with Gasteiger partial charge in [0.15, 0.2) is 0 Å². The highest BCUT2D eigenvalue weighted by Gasteiger charge is 2.50. The van der Waals surface area contributed by atoms with Gasteiger partial charge in [0.1, 0.15) is 0 Å². The number of nitrogens with one attached hydrogen (secondary N) is 2. The molecule has 5 rings (SSSR count). The number of benzene rings is 1. The van der Waals surface area contributed by atoms with Crippen molar-refractivity contribution in [3.63, 3.8) is 0 Å². The number of carbonyl (C=O) groups excluding carboxylic acids is 1. The maximum absolute atomic E-state index is 12.8. The normalized spacial score (nSPS) is 32.0. The number of aliphatic hydroxyl groups excluding tert-OH is 1. The molecule has 1 atom stereocenters. The highest BCUT2D eigenvalue weighted by atomic mass is 35.5. The van der Waals surface area contributed by atoms with Gasteiger partial charge in [-0.1, -0.05) is 17.7 Å². The molecule has 4 fully saturated rings. The number of hydrogen-bond donors (Lipinski definition) is 3. The molecule has 27 heavy (non-hydrogen) atoms. The number of amides is 1. The van der Waals surface area contributed by atoms with E-state index >= 15 is 0 Å². The van der Waals surface area contributed by atoms with Gasteiger partial charge in [-0.25, -0.2) is 0 Å². The zero-order chi connectivity index (χ0) is 18.3. The van der Waals surface area contributed by atoms with Crippen molar-refractivity contribution in [1.82, 2.24) is 10.6 Å². The topological polar surface area (TPSA) is 61.4 Å². The lowest BCUT2D eigenvalue weighted by Crippen LogP contribution is -2.51. The molecule has 1 amide bonds. The average molecular weight is 413 g/mol. The first-order valence-corrected chi connectivity index (χ1v) is 10.3. The molecule has 0 saturated heterocycles. The second kappa shape index (κ2) is 8.28. The Hall–Kier alpha value is -0.810. The van der Waals surface area contributed by atoms with Crippen LogP contribution < -0.4 is 10.6 Å². The van der Waals surface area contributed by atoms with Gasteiger partial charge < -0.3 is 15.7 Å². The van der Waals surface area contributed by atoms with Gasteiger partial charge in [0.25, 0.3) is 5.91 Å². The zero-order valence-corrected chi connectivity index (χ0v) is 17.4. The van der Waals surface area contributed by atoms with Crippen molar-refractivity contribution in [2.45, 2.75) is 44.6 Å². The molecule has 0 aliphatic heterocycles. The summed E-state index contributed by atoms with van der Waals surface area (Å²) in [5.74, 6) is 2.51. The highest BCUT2D eigenvalue weighted by molar-refractivity contribution is 6.33. The van der Waals surface area contributed by atoms with Crippen LogP contribution in [0.15, 0.2) is 18.2 Å². The summed E-state index contributed by atoms with van der Waals surface area (Å²) in [6.45, 7) is 1.20. The fourth-order valence-electron chi connectivity index (χ4n) is 6.10. The van der Waals surface area contributed by atoms with Crippen LogP contribution in [0.1, 0.15) is 60.6 Å². The third-order valence-electron chi connectivity index (χ3n) is 6.81. The van der Waals surface area contributed by atoms with E-state index in [0.29, 0.717) is 28.1 Å². The predicted molar refractivity (Wildman–Crippen MR) is 111 cm³/mol. The Morgan fingerprint density at radius 2 is 1.81 bits per heavy atom. The van der Waals surface area contributed by atoms with Crippen LogP contribution in [0.5, 0.6) is 0 Å². The minimum atomic E-state index is -0.646. The first kappa shape index (κ1) is 20.9.